The predicted octanol–water partition coefficient (Wildman–Crippen LogP) is 4.03. The van der Waals surface area contributed by atoms with Crippen molar-refractivity contribution in [2.24, 2.45) is 11.1 Å². The number of amides is 1. The zero-order valence-electron chi connectivity index (χ0n) is 15.8. The van der Waals surface area contributed by atoms with Crippen molar-refractivity contribution >= 4 is 29.3 Å². The van der Waals surface area contributed by atoms with E-state index in [-0.39, 0.29) is 18.3 Å². The maximum absolute atomic E-state index is 12.5. The molecule has 0 bridgehead atoms. The van der Waals surface area contributed by atoms with Crippen LogP contribution in [-0.4, -0.2) is 22.4 Å². The summed E-state index contributed by atoms with van der Waals surface area (Å²) in [5.74, 6) is 0.882. The predicted molar refractivity (Wildman–Crippen MR) is 113 cm³/mol. The van der Waals surface area contributed by atoms with Gasteiger partial charge in [-0.3, -0.25) is 4.79 Å². The van der Waals surface area contributed by atoms with Gasteiger partial charge >= 0.3 is 0 Å². The Balaban J connectivity index is 0.00000261. The molecule has 4 N–H and O–H groups in total. The van der Waals surface area contributed by atoms with Crippen molar-refractivity contribution in [1.29, 1.82) is 0 Å². The largest absolute Gasteiger partial charge is 0.352 e. The number of rotatable bonds is 7. The number of benzene rings is 2. The molecule has 3 rings (SSSR count). The lowest BCUT2D eigenvalue weighted by Gasteiger charge is -2.28. The average Bonchev–Trinajstić information content (AvgIpc) is 3.13. The fourth-order valence-corrected chi connectivity index (χ4v) is 3.19. The van der Waals surface area contributed by atoms with E-state index in [1.165, 1.54) is 0 Å². The Morgan fingerprint density at radius 3 is 2.37 bits per heavy atom. The smallest absolute Gasteiger partial charge is 0.227 e. The van der Waals surface area contributed by atoms with Crippen molar-refractivity contribution in [2.45, 2.75) is 33.2 Å². The Morgan fingerprint density at radius 2 is 1.78 bits per heavy atom. The number of aromatic amines is 1. The molecule has 1 aromatic heterocycles. The van der Waals surface area contributed by atoms with Crippen molar-refractivity contribution < 1.29 is 4.79 Å². The van der Waals surface area contributed by atoms with E-state index in [0.717, 1.165) is 40.8 Å². The third kappa shape index (κ3) is 4.31. The highest BCUT2D eigenvalue weighted by atomic mass is 35.5. The van der Waals surface area contributed by atoms with Crippen molar-refractivity contribution in [3.63, 3.8) is 0 Å². The number of imidazole rings is 1. The molecule has 27 heavy (non-hydrogen) atoms. The summed E-state index contributed by atoms with van der Waals surface area (Å²) in [5, 5.41) is 3.03. The molecule has 3 aromatic rings. The number of nitrogens with two attached hydrogens (primary N) is 1. The van der Waals surface area contributed by atoms with Gasteiger partial charge in [-0.05, 0) is 30.5 Å². The molecule has 0 saturated carbocycles. The van der Waals surface area contributed by atoms with Gasteiger partial charge in [-0.15, -0.1) is 12.4 Å². The normalized spacial score (nSPS) is 11.2. The summed E-state index contributed by atoms with van der Waals surface area (Å²) >= 11 is 0. The molecular weight excluding hydrogens is 360 g/mol. The van der Waals surface area contributed by atoms with E-state index in [1.54, 1.807) is 0 Å². The summed E-state index contributed by atoms with van der Waals surface area (Å²) in [5.41, 5.74) is 9.43. The van der Waals surface area contributed by atoms with Crippen LogP contribution in [0, 0.1) is 5.41 Å². The lowest BCUT2D eigenvalue weighted by molar-refractivity contribution is -0.131. The van der Waals surface area contributed by atoms with E-state index in [9.17, 15) is 4.79 Å². The number of hydrogen-bond donors (Lipinski definition) is 3. The van der Waals surface area contributed by atoms with Gasteiger partial charge in [0.05, 0.1) is 16.4 Å². The molecule has 0 atom stereocenters. The molecule has 2 aromatic carbocycles. The van der Waals surface area contributed by atoms with Gasteiger partial charge in [0.15, 0.2) is 0 Å². The van der Waals surface area contributed by atoms with E-state index < -0.39 is 5.41 Å². The van der Waals surface area contributed by atoms with Gasteiger partial charge < -0.3 is 16.0 Å². The van der Waals surface area contributed by atoms with E-state index in [1.807, 2.05) is 62.4 Å². The van der Waals surface area contributed by atoms with Gasteiger partial charge in [0, 0.05) is 18.7 Å². The summed E-state index contributed by atoms with van der Waals surface area (Å²) in [6, 6.07) is 16.1. The van der Waals surface area contributed by atoms with Crippen LogP contribution >= 0.6 is 12.4 Å². The molecule has 0 saturated heterocycles. The highest BCUT2D eigenvalue weighted by molar-refractivity contribution is 5.85. The van der Waals surface area contributed by atoms with Gasteiger partial charge in [-0.25, -0.2) is 4.98 Å². The molecule has 0 aliphatic heterocycles. The second-order valence-electron chi connectivity index (χ2n) is 6.67. The highest BCUT2D eigenvalue weighted by Crippen LogP contribution is 2.25. The molecule has 0 aliphatic rings. The van der Waals surface area contributed by atoms with E-state index in [4.69, 9.17) is 5.73 Å². The number of nitrogens with zero attached hydrogens (tertiary/aromatic N) is 1. The second kappa shape index (κ2) is 9.02. The third-order valence-electron chi connectivity index (χ3n) is 5.30. The number of fused-ring (bicyclic) bond motifs is 1. The first kappa shape index (κ1) is 20.9. The zero-order valence-corrected chi connectivity index (χ0v) is 16.6. The average molecular weight is 387 g/mol. The van der Waals surface area contributed by atoms with Crippen LogP contribution in [0.3, 0.4) is 0 Å². The maximum Gasteiger partial charge on any atom is 0.227 e. The molecule has 5 nitrogen and oxygen atoms in total. The lowest BCUT2D eigenvalue weighted by Crippen LogP contribution is -2.45. The Kier molecular flexibility index (Phi) is 6.99. The minimum Gasteiger partial charge on any atom is -0.352 e. The molecule has 0 aliphatic carbocycles. The number of carbonyl (C=O) groups excluding carboxylic acids is 1. The molecule has 1 heterocycles. The van der Waals surface area contributed by atoms with Crippen LogP contribution < -0.4 is 11.1 Å². The molecule has 1 amide bonds. The molecule has 0 fully saturated rings. The number of aromatic nitrogens is 2. The number of hydrogen-bond acceptors (Lipinski definition) is 3. The Bertz CT molecular complexity index is 843. The number of carbonyl (C=O) groups is 1. The van der Waals surface area contributed by atoms with Gasteiger partial charge in [0.1, 0.15) is 5.82 Å². The van der Waals surface area contributed by atoms with Crippen LogP contribution in [0.25, 0.3) is 22.4 Å². The van der Waals surface area contributed by atoms with Crippen LogP contribution in [0.5, 0.6) is 0 Å². The van der Waals surface area contributed by atoms with Gasteiger partial charge in [-0.1, -0.05) is 50.2 Å². The summed E-state index contributed by atoms with van der Waals surface area (Å²) < 4.78 is 0. The first-order valence-corrected chi connectivity index (χ1v) is 9.14. The number of nitrogens with one attached hydrogen (secondary N) is 2. The minimum absolute atomic E-state index is 0. The van der Waals surface area contributed by atoms with Crippen LogP contribution in [-0.2, 0) is 11.3 Å². The molecule has 0 spiro atoms. The fourth-order valence-electron chi connectivity index (χ4n) is 3.19. The second-order valence-corrected chi connectivity index (χ2v) is 6.67. The van der Waals surface area contributed by atoms with Crippen molar-refractivity contribution in [3.8, 4) is 11.4 Å². The molecule has 144 valence electrons. The van der Waals surface area contributed by atoms with Gasteiger partial charge in [-0.2, -0.15) is 0 Å². The number of para-hydroxylation sites is 2. The number of halogens is 1. The molecule has 0 radical (unpaired) electrons. The van der Waals surface area contributed by atoms with Crippen LogP contribution in [0.4, 0.5) is 0 Å². The maximum atomic E-state index is 12.5. The van der Waals surface area contributed by atoms with E-state index in [2.05, 4.69) is 15.3 Å². The SMILES string of the molecule is CCC(CC)(CN)C(=O)NCc1ccc(-c2nc3ccccc3[nH]2)cc1.Cl. The van der Waals surface area contributed by atoms with E-state index in [0.29, 0.717) is 13.1 Å². The topological polar surface area (TPSA) is 83.8 Å². The number of H-pyrrole nitrogens is 1. The van der Waals surface area contributed by atoms with Crippen molar-refractivity contribution in [1.82, 2.24) is 15.3 Å². The highest BCUT2D eigenvalue weighted by Gasteiger charge is 2.32. The third-order valence-corrected chi connectivity index (χ3v) is 5.30. The van der Waals surface area contributed by atoms with Gasteiger partial charge in [0.25, 0.3) is 0 Å². The monoisotopic (exact) mass is 386 g/mol. The Hall–Kier alpha value is -2.37. The summed E-state index contributed by atoms with van der Waals surface area (Å²) in [4.78, 5) is 20.5. The zero-order chi connectivity index (χ0) is 18.6. The standard InChI is InChI=1S/C21H26N4O.ClH/c1-3-21(4-2,14-22)20(26)23-13-15-9-11-16(12-10-15)19-24-17-7-5-6-8-18(17)25-19;/h5-12H,3-4,13-14,22H2,1-2H3,(H,23,26)(H,24,25);1H. The van der Waals surface area contributed by atoms with Crippen molar-refractivity contribution in [2.75, 3.05) is 6.54 Å². The molecule has 6 heteroatoms. The first-order valence-electron chi connectivity index (χ1n) is 9.14. The quantitative estimate of drug-likeness (QED) is 0.573. The Labute approximate surface area is 166 Å². The Morgan fingerprint density at radius 1 is 1.11 bits per heavy atom. The minimum atomic E-state index is -0.464. The summed E-state index contributed by atoms with van der Waals surface area (Å²) in [7, 11) is 0. The van der Waals surface area contributed by atoms with Crippen LogP contribution in [0.2, 0.25) is 0 Å². The van der Waals surface area contributed by atoms with Crippen LogP contribution in [0.15, 0.2) is 48.5 Å². The van der Waals surface area contributed by atoms with E-state index >= 15 is 0 Å². The molecule has 0 unspecified atom stereocenters. The van der Waals surface area contributed by atoms with Gasteiger partial charge in [0.2, 0.25) is 5.91 Å². The summed E-state index contributed by atoms with van der Waals surface area (Å²) in [6.07, 6.45) is 1.49. The summed E-state index contributed by atoms with van der Waals surface area (Å²) in [6.45, 7) is 4.90. The first-order chi connectivity index (χ1) is 12.6. The van der Waals surface area contributed by atoms with Crippen LogP contribution in [0.1, 0.15) is 32.3 Å². The fraction of sp³-hybridized carbons (Fsp3) is 0.333. The lowest BCUT2D eigenvalue weighted by atomic mass is 9.81. The molecular formula is C21H27ClN4O. The van der Waals surface area contributed by atoms with Crippen molar-refractivity contribution in [3.05, 3.63) is 54.1 Å².